The van der Waals surface area contributed by atoms with E-state index in [2.05, 4.69) is 10.2 Å². The first-order valence-electron chi connectivity index (χ1n) is 7.90. The summed E-state index contributed by atoms with van der Waals surface area (Å²) < 4.78 is 0. The Hall–Kier alpha value is -0.160. The van der Waals surface area contributed by atoms with Crippen LogP contribution in [0, 0.1) is 0 Å². The van der Waals surface area contributed by atoms with Crippen LogP contribution in [0.1, 0.15) is 52.4 Å². The van der Waals surface area contributed by atoms with Gasteiger partial charge in [0.15, 0.2) is 0 Å². The molecule has 4 heteroatoms. The number of nitrogens with zero attached hydrogens (tertiary/aromatic N) is 1. The van der Waals surface area contributed by atoms with Crippen molar-refractivity contribution in [3.63, 3.8) is 0 Å². The molecule has 2 unspecified atom stereocenters. The predicted molar refractivity (Wildman–Crippen MR) is 79.3 cm³/mol. The summed E-state index contributed by atoms with van der Waals surface area (Å²) >= 11 is 0. The molecular formula is C15H32N2O2. The second kappa shape index (κ2) is 9.70. The highest BCUT2D eigenvalue weighted by atomic mass is 16.3. The third-order valence-corrected chi connectivity index (χ3v) is 3.83. The molecule has 114 valence electrons. The highest BCUT2D eigenvalue weighted by molar-refractivity contribution is 4.77. The third-order valence-electron chi connectivity index (χ3n) is 3.83. The van der Waals surface area contributed by atoms with Crippen molar-refractivity contribution >= 4 is 0 Å². The number of hydrogen-bond donors (Lipinski definition) is 3. The zero-order valence-corrected chi connectivity index (χ0v) is 12.6. The van der Waals surface area contributed by atoms with Crippen LogP contribution in [0.15, 0.2) is 0 Å². The van der Waals surface area contributed by atoms with Gasteiger partial charge in [0.2, 0.25) is 0 Å². The minimum Gasteiger partial charge on any atom is -0.392 e. The molecular weight excluding hydrogens is 240 g/mol. The van der Waals surface area contributed by atoms with Gasteiger partial charge >= 0.3 is 0 Å². The first kappa shape index (κ1) is 16.9. The number of aliphatic hydroxyl groups is 2. The first-order valence-corrected chi connectivity index (χ1v) is 7.90. The zero-order chi connectivity index (χ0) is 14.1. The van der Waals surface area contributed by atoms with Crippen molar-refractivity contribution in [3.05, 3.63) is 0 Å². The van der Waals surface area contributed by atoms with Gasteiger partial charge in [0, 0.05) is 19.1 Å². The number of nitrogens with one attached hydrogen (secondary N) is 1. The quantitative estimate of drug-likeness (QED) is 0.555. The smallest absolute Gasteiger partial charge is 0.0639 e. The number of aliphatic hydroxyl groups excluding tert-OH is 2. The maximum absolute atomic E-state index is 9.64. The van der Waals surface area contributed by atoms with Crippen molar-refractivity contribution in [1.29, 1.82) is 0 Å². The highest BCUT2D eigenvalue weighted by Crippen LogP contribution is 2.22. The van der Waals surface area contributed by atoms with E-state index in [4.69, 9.17) is 0 Å². The van der Waals surface area contributed by atoms with E-state index in [0.717, 1.165) is 26.1 Å². The van der Waals surface area contributed by atoms with E-state index in [1.807, 2.05) is 6.92 Å². The summed E-state index contributed by atoms with van der Waals surface area (Å²) in [5.41, 5.74) is 0. The van der Waals surface area contributed by atoms with Crippen LogP contribution in [0.5, 0.6) is 0 Å². The topological polar surface area (TPSA) is 55.7 Å². The van der Waals surface area contributed by atoms with Crippen molar-refractivity contribution < 1.29 is 10.2 Å². The van der Waals surface area contributed by atoms with E-state index < -0.39 is 0 Å². The average Bonchev–Trinajstić information content (AvgIpc) is 2.37. The largest absolute Gasteiger partial charge is 0.392 e. The Morgan fingerprint density at radius 1 is 1.11 bits per heavy atom. The molecule has 3 N–H and O–H groups in total. The van der Waals surface area contributed by atoms with Gasteiger partial charge in [-0.3, -0.25) is 4.90 Å². The fourth-order valence-electron chi connectivity index (χ4n) is 2.93. The van der Waals surface area contributed by atoms with Gasteiger partial charge < -0.3 is 15.5 Å². The van der Waals surface area contributed by atoms with Crippen LogP contribution in [0.25, 0.3) is 0 Å². The fraction of sp³-hybridized carbons (Fsp3) is 1.00. The van der Waals surface area contributed by atoms with Crippen LogP contribution >= 0.6 is 0 Å². The summed E-state index contributed by atoms with van der Waals surface area (Å²) in [6.07, 6.45) is 7.17. The van der Waals surface area contributed by atoms with Crippen molar-refractivity contribution in [3.8, 4) is 0 Å². The van der Waals surface area contributed by atoms with Crippen LogP contribution in [-0.4, -0.2) is 59.5 Å². The normalized spacial score (nSPS) is 20.7. The molecule has 0 aromatic heterocycles. The van der Waals surface area contributed by atoms with Gasteiger partial charge in [-0.25, -0.2) is 0 Å². The predicted octanol–water partition coefficient (Wildman–Crippen LogP) is 1.36. The molecule has 1 aliphatic carbocycles. The monoisotopic (exact) mass is 272 g/mol. The molecule has 2 atom stereocenters. The Kier molecular flexibility index (Phi) is 8.62. The lowest BCUT2D eigenvalue weighted by atomic mass is 9.94. The molecule has 19 heavy (non-hydrogen) atoms. The van der Waals surface area contributed by atoms with E-state index in [9.17, 15) is 10.2 Å². The molecule has 1 fully saturated rings. The molecule has 0 heterocycles. The number of rotatable bonds is 9. The molecule has 4 nitrogen and oxygen atoms in total. The van der Waals surface area contributed by atoms with Crippen LogP contribution in [0.2, 0.25) is 0 Å². The Morgan fingerprint density at radius 2 is 1.79 bits per heavy atom. The molecule has 1 aliphatic rings. The molecule has 1 rings (SSSR count). The third kappa shape index (κ3) is 7.88. The van der Waals surface area contributed by atoms with Gasteiger partial charge in [0.25, 0.3) is 0 Å². The van der Waals surface area contributed by atoms with Crippen molar-refractivity contribution in [2.24, 2.45) is 0 Å². The van der Waals surface area contributed by atoms with E-state index >= 15 is 0 Å². The van der Waals surface area contributed by atoms with Gasteiger partial charge in [-0.15, -0.1) is 0 Å². The van der Waals surface area contributed by atoms with Crippen LogP contribution in [-0.2, 0) is 0 Å². The summed E-state index contributed by atoms with van der Waals surface area (Å²) in [4.78, 5) is 2.47. The molecule has 0 aliphatic heterocycles. The van der Waals surface area contributed by atoms with Gasteiger partial charge in [-0.05, 0) is 46.2 Å². The SMILES string of the molecule is CC(O)CNCCCN(CC(C)O)C1CCCCC1. The standard InChI is InChI=1S/C15H32N2O2/c1-13(18)11-16-9-6-10-17(12-14(2)19)15-7-4-3-5-8-15/h13-16,18-19H,3-12H2,1-2H3. The van der Waals surface area contributed by atoms with Gasteiger partial charge in [0.1, 0.15) is 0 Å². The number of hydrogen-bond acceptors (Lipinski definition) is 4. The summed E-state index contributed by atoms with van der Waals surface area (Å²) in [6.45, 7) is 7.12. The van der Waals surface area contributed by atoms with Gasteiger partial charge in [-0.2, -0.15) is 0 Å². The second-order valence-corrected chi connectivity index (χ2v) is 6.04. The maximum Gasteiger partial charge on any atom is 0.0639 e. The molecule has 0 aromatic rings. The second-order valence-electron chi connectivity index (χ2n) is 6.04. The molecule has 1 saturated carbocycles. The Bertz CT molecular complexity index is 216. The summed E-state index contributed by atoms with van der Waals surface area (Å²) in [7, 11) is 0. The van der Waals surface area contributed by atoms with Crippen molar-refractivity contribution in [1.82, 2.24) is 10.2 Å². The lowest BCUT2D eigenvalue weighted by Crippen LogP contribution is -2.42. The van der Waals surface area contributed by atoms with E-state index in [-0.39, 0.29) is 12.2 Å². The van der Waals surface area contributed by atoms with Gasteiger partial charge in [0.05, 0.1) is 12.2 Å². The van der Waals surface area contributed by atoms with E-state index in [0.29, 0.717) is 12.6 Å². The van der Waals surface area contributed by atoms with Crippen LogP contribution in [0.3, 0.4) is 0 Å². The summed E-state index contributed by atoms with van der Waals surface area (Å²) in [5, 5.41) is 22.1. The lowest BCUT2D eigenvalue weighted by molar-refractivity contribution is 0.0813. The average molecular weight is 272 g/mol. The fourth-order valence-corrected chi connectivity index (χ4v) is 2.93. The molecule has 0 spiro atoms. The first-order chi connectivity index (χ1) is 9.09. The summed E-state index contributed by atoms with van der Waals surface area (Å²) in [6, 6.07) is 0.667. The Labute approximate surface area is 118 Å². The molecule has 0 amide bonds. The van der Waals surface area contributed by atoms with Gasteiger partial charge in [-0.1, -0.05) is 19.3 Å². The zero-order valence-electron chi connectivity index (χ0n) is 12.6. The molecule has 0 aromatic carbocycles. The van der Waals surface area contributed by atoms with E-state index in [1.165, 1.54) is 32.1 Å². The Balaban J connectivity index is 2.24. The van der Waals surface area contributed by atoms with Crippen molar-refractivity contribution in [2.75, 3.05) is 26.2 Å². The molecule has 0 radical (unpaired) electrons. The van der Waals surface area contributed by atoms with Crippen LogP contribution in [0.4, 0.5) is 0 Å². The Morgan fingerprint density at radius 3 is 2.37 bits per heavy atom. The minimum atomic E-state index is -0.271. The molecule has 0 saturated heterocycles. The summed E-state index contributed by atoms with van der Waals surface area (Å²) in [5.74, 6) is 0. The van der Waals surface area contributed by atoms with Crippen LogP contribution < -0.4 is 5.32 Å². The van der Waals surface area contributed by atoms with Crippen molar-refractivity contribution in [2.45, 2.75) is 70.6 Å². The molecule has 0 bridgehead atoms. The maximum atomic E-state index is 9.64. The highest BCUT2D eigenvalue weighted by Gasteiger charge is 2.21. The lowest BCUT2D eigenvalue weighted by Gasteiger charge is -2.35. The minimum absolute atomic E-state index is 0.243. The van der Waals surface area contributed by atoms with E-state index in [1.54, 1.807) is 6.92 Å².